The molecule has 2 atom stereocenters. The fourth-order valence-electron chi connectivity index (χ4n) is 5.70. The average Bonchev–Trinajstić information content (AvgIpc) is 3.15. The number of nitrogens with two attached hydrogens (primary N) is 1. The highest BCUT2D eigenvalue weighted by atomic mass is 19.1. The van der Waals surface area contributed by atoms with Crippen LogP contribution in [0.15, 0.2) is 127 Å². The van der Waals surface area contributed by atoms with E-state index in [1.807, 2.05) is 90.9 Å². The first-order valence-corrected chi connectivity index (χ1v) is 19.2. The highest BCUT2D eigenvalue weighted by Crippen LogP contribution is 2.30. The Kier molecular flexibility index (Phi) is 22.6. The lowest BCUT2D eigenvalue weighted by Gasteiger charge is -2.30. The Hall–Kier alpha value is -4.39. The zero-order valence-electron chi connectivity index (χ0n) is 34.8. The maximum Gasteiger partial charge on any atom is 0.127 e. The molecule has 0 saturated carbocycles. The molecule has 54 heavy (non-hydrogen) atoms. The van der Waals surface area contributed by atoms with E-state index in [2.05, 4.69) is 79.2 Å². The maximum atomic E-state index is 12.8. The molecule has 1 aliphatic heterocycles. The second-order valence-corrected chi connectivity index (χ2v) is 14.8. The number of hydrogen-bond donors (Lipinski definition) is 2. The molecule has 0 spiro atoms. The molecule has 0 radical (unpaired) electrons. The van der Waals surface area contributed by atoms with E-state index in [0.717, 1.165) is 85.1 Å². The molecule has 1 heterocycles. The van der Waals surface area contributed by atoms with Crippen molar-refractivity contribution >= 4 is 18.1 Å². The zero-order valence-corrected chi connectivity index (χ0v) is 34.8. The van der Waals surface area contributed by atoms with Crippen molar-refractivity contribution in [1.82, 2.24) is 10.2 Å². The SMILES string of the molecule is C=C(C)C(CCCc1ccccc1)NC(=C)C(C)(C)N.C=C(c1ccc(F)cc1)C1CCN(C)CC1.CC=N/C(C)=C\C.Cc1ccccc1C(C)C=O. The fourth-order valence-corrected chi connectivity index (χ4v) is 5.70. The first-order valence-electron chi connectivity index (χ1n) is 19.2. The van der Waals surface area contributed by atoms with E-state index in [9.17, 15) is 9.18 Å². The Morgan fingerprint density at radius 2 is 1.56 bits per heavy atom. The van der Waals surface area contributed by atoms with Crippen molar-refractivity contribution in [3.05, 3.63) is 150 Å². The van der Waals surface area contributed by atoms with Crippen LogP contribution in [0, 0.1) is 18.7 Å². The van der Waals surface area contributed by atoms with Crippen LogP contribution in [-0.4, -0.2) is 49.1 Å². The highest BCUT2D eigenvalue weighted by Gasteiger charge is 2.20. The van der Waals surface area contributed by atoms with E-state index in [1.54, 1.807) is 6.21 Å². The number of aryl methyl sites for hydroxylation is 2. The third-order valence-electron chi connectivity index (χ3n) is 9.58. The van der Waals surface area contributed by atoms with Gasteiger partial charge in [0.05, 0.1) is 0 Å². The smallest absolute Gasteiger partial charge is 0.127 e. The Morgan fingerprint density at radius 1 is 0.981 bits per heavy atom. The number of aliphatic imine (C=N–C) groups is 1. The summed E-state index contributed by atoms with van der Waals surface area (Å²) < 4.78 is 12.8. The lowest BCUT2D eigenvalue weighted by Crippen LogP contribution is -2.44. The van der Waals surface area contributed by atoms with Crippen LogP contribution in [0.5, 0.6) is 0 Å². The number of hydrogen-bond acceptors (Lipinski definition) is 5. The number of likely N-dealkylation sites (tertiary alicyclic amines) is 1. The van der Waals surface area contributed by atoms with E-state index in [-0.39, 0.29) is 17.8 Å². The summed E-state index contributed by atoms with van der Waals surface area (Å²) in [7, 11) is 2.15. The molecule has 294 valence electrons. The summed E-state index contributed by atoms with van der Waals surface area (Å²) in [6.45, 7) is 30.3. The van der Waals surface area contributed by atoms with Gasteiger partial charge in [-0.3, -0.25) is 4.99 Å². The molecule has 0 amide bonds. The Labute approximate surface area is 328 Å². The van der Waals surface area contributed by atoms with Crippen molar-refractivity contribution in [1.29, 1.82) is 0 Å². The van der Waals surface area contributed by atoms with Crippen LogP contribution in [0.4, 0.5) is 4.39 Å². The van der Waals surface area contributed by atoms with Crippen LogP contribution >= 0.6 is 0 Å². The highest BCUT2D eigenvalue weighted by molar-refractivity contribution is 5.65. The van der Waals surface area contributed by atoms with Gasteiger partial charge in [-0.2, -0.15) is 0 Å². The monoisotopic (exact) mass is 737 g/mol. The summed E-state index contributed by atoms with van der Waals surface area (Å²) in [4.78, 5) is 16.8. The maximum absolute atomic E-state index is 12.8. The van der Waals surface area contributed by atoms with Gasteiger partial charge in [0.1, 0.15) is 12.1 Å². The molecule has 0 bridgehead atoms. The summed E-state index contributed by atoms with van der Waals surface area (Å²) in [5, 5.41) is 3.42. The number of aldehydes is 1. The molecule has 6 heteroatoms. The van der Waals surface area contributed by atoms with Crippen LogP contribution < -0.4 is 11.1 Å². The first kappa shape index (κ1) is 47.6. The molecular formula is C48H69FN4O. The standard InChI is InChI=1S/C18H28N2.C14H18FN.C10H12O.C6H11N/c1-14(2)17(20-15(3)18(4,5)19)13-9-12-16-10-7-6-8-11-16;1-11(12-3-5-14(15)6-4-12)13-7-9-16(2)10-8-13;1-8-5-3-4-6-10(8)9(2)7-11;1-4-6(3)7-5-2/h6-8,10-11,17,20H,1,3,9,12-13,19H2,2,4-5H3;3-6,13H,1,7-10H2,2H3;3-7,9H,1-2H3;4-5H,1-3H3/b;;;6-4-,7-5?. The summed E-state index contributed by atoms with van der Waals surface area (Å²) in [5.74, 6) is 0.401. The third kappa shape index (κ3) is 19.1. The quantitative estimate of drug-likeness (QED) is 0.104. The number of piperidine rings is 1. The van der Waals surface area contributed by atoms with E-state index in [1.165, 1.54) is 23.3 Å². The zero-order chi connectivity index (χ0) is 40.7. The van der Waals surface area contributed by atoms with Crippen molar-refractivity contribution in [2.75, 3.05) is 20.1 Å². The molecule has 2 unspecified atom stereocenters. The molecule has 1 aliphatic rings. The van der Waals surface area contributed by atoms with Gasteiger partial charge in [0.25, 0.3) is 0 Å². The predicted molar refractivity (Wildman–Crippen MR) is 233 cm³/mol. The van der Waals surface area contributed by atoms with Gasteiger partial charge in [-0.1, -0.05) is 105 Å². The minimum Gasteiger partial charge on any atom is -0.381 e. The van der Waals surface area contributed by atoms with Crippen molar-refractivity contribution in [3.8, 4) is 0 Å². The molecular weight excluding hydrogens is 668 g/mol. The predicted octanol–water partition coefficient (Wildman–Crippen LogP) is 11.3. The lowest BCUT2D eigenvalue weighted by atomic mass is 9.86. The van der Waals surface area contributed by atoms with Gasteiger partial charge in [0.2, 0.25) is 0 Å². The number of benzene rings is 3. The van der Waals surface area contributed by atoms with Gasteiger partial charge in [0.15, 0.2) is 0 Å². The summed E-state index contributed by atoms with van der Waals surface area (Å²) in [6.07, 6.45) is 10.3. The fraction of sp³-hybridized carbons (Fsp3) is 0.417. The second kappa shape index (κ2) is 25.6. The minimum absolute atomic E-state index is 0.0243. The van der Waals surface area contributed by atoms with Gasteiger partial charge < -0.3 is 20.7 Å². The van der Waals surface area contributed by atoms with Crippen molar-refractivity contribution in [3.63, 3.8) is 0 Å². The van der Waals surface area contributed by atoms with Crippen molar-refractivity contribution in [2.24, 2.45) is 16.6 Å². The van der Waals surface area contributed by atoms with Crippen LogP contribution in [0.2, 0.25) is 0 Å². The average molecular weight is 737 g/mol. The Bertz CT molecular complexity index is 1610. The lowest BCUT2D eigenvalue weighted by molar-refractivity contribution is -0.108. The number of rotatable bonds is 13. The third-order valence-corrected chi connectivity index (χ3v) is 9.58. The van der Waals surface area contributed by atoms with Gasteiger partial charge in [0, 0.05) is 35.1 Å². The molecule has 5 nitrogen and oxygen atoms in total. The van der Waals surface area contributed by atoms with Gasteiger partial charge in [-0.05, 0) is 147 Å². The van der Waals surface area contributed by atoms with Gasteiger partial charge in [-0.25, -0.2) is 4.39 Å². The van der Waals surface area contributed by atoms with Crippen LogP contribution in [-0.2, 0) is 11.2 Å². The molecule has 3 aromatic rings. The van der Waals surface area contributed by atoms with Crippen molar-refractivity contribution in [2.45, 2.75) is 105 Å². The molecule has 1 fully saturated rings. The molecule has 3 aromatic carbocycles. The molecule has 1 saturated heterocycles. The van der Waals surface area contributed by atoms with Gasteiger partial charge in [-0.15, -0.1) is 0 Å². The van der Waals surface area contributed by atoms with E-state index in [0.29, 0.717) is 5.92 Å². The number of carbonyl (C=O) groups is 1. The normalized spacial score (nSPS) is 14.5. The number of halogens is 1. The molecule has 0 aliphatic carbocycles. The number of allylic oxidation sites excluding steroid dienone is 3. The van der Waals surface area contributed by atoms with E-state index >= 15 is 0 Å². The molecule has 0 aromatic heterocycles. The van der Waals surface area contributed by atoms with Crippen LogP contribution in [0.3, 0.4) is 0 Å². The largest absolute Gasteiger partial charge is 0.381 e. The molecule has 4 rings (SSSR count). The summed E-state index contributed by atoms with van der Waals surface area (Å²) in [5.41, 5.74) is 14.6. The second-order valence-electron chi connectivity index (χ2n) is 14.8. The van der Waals surface area contributed by atoms with Crippen molar-refractivity contribution < 1.29 is 9.18 Å². The first-order chi connectivity index (χ1) is 25.5. The minimum atomic E-state index is -0.410. The topological polar surface area (TPSA) is 70.7 Å². The van der Waals surface area contributed by atoms with Gasteiger partial charge >= 0.3 is 0 Å². The Morgan fingerprint density at radius 3 is 2.04 bits per heavy atom. The summed E-state index contributed by atoms with van der Waals surface area (Å²) in [6, 6.07) is 25.4. The van der Waals surface area contributed by atoms with Crippen LogP contribution in [0.1, 0.15) is 102 Å². The van der Waals surface area contributed by atoms with Crippen LogP contribution in [0.25, 0.3) is 5.57 Å². The molecule has 3 N–H and O–H groups in total. The van der Waals surface area contributed by atoms with E-state index < -0.39 is 5.54 Å². The van der Waals surface area contributed by atoms with E-state index in [4.69, 9.17) is 5.73 Å². The number of nitrogens with zero attached hydrogens (tertiary/aromatic N) is 2. The number of nitrogens with one attached hydrogen (secondary N) is 1. The Balaban J connectivity index is 0.000000383. The number of carbonyl (C=O) groups excluding carboxylic acids is 1. The summed E-state index contributed by atoms with van der Waals surface area (Å²) >= 11 is 0.